The first kappa shape index (κ1) is 12.1. The summed E-state index contributed by atoms with van der Waals surface area (Å²) in [5.74, 6) is 0.0163. The maximum atomic E-state index is 12.7. The van der Waals surface area contributed by atoms with Gasteiger partial charge in [0.25, 0.3) is 5.91 Å². The van der Waals surface area contributed by atoms with Gasteiger partial charge in [-0.15, -0.1) is 5.10 Å². The van der Waals surface area contributed by atoms with Gasteiger partial charge in [-0.1, -0.05) is 11.3 Å². The van der Waals surface area contributed by atoms with Crippen LogP contribution in [-0.2, 0) is 0 Å². The predicted octanol–water partition coefficient (Wildman–Crippen LogP) is 0.931. The highest BCUT2D eigenvalue weighted by atomic mass is 16.2. The Morgan fingerprint density at radius 3 is 2.90 bits per heavy atom. The lowest BCUT2D eigenvalue weighted by Crippen LogP contribution is -2.51. The van der Waals surface area contributed by atoms with Gasteiger partial charge in [0.1, 0.15) is 11.3 Å². The number of carbonyl (C=O) groups is 1. The molecule has 7 heteroatoms. The molecule has 0 aliphatic carbocycles. The molecule has 106 valence electrons. The first-order valence-corrected chi connectivity index (χ1v) is 6.83. The van der Waals surface area contributed by atoms with Gasteiger partial charge < -0.3 is 4.90 Å². The van der Waals surface area contributed by atoms with E-state index in [9.17, 15) is 4.79 Å². The fourth-order valence-corrected chi connectivity index (χ4v) is 2.72. The van der Waals surface area contributed by atoms with Crippen molar-refractivity contribution in [1.29, 1.82) is 0 Å². The van der Waals surface area contributed by atoms with Gasteiger partial charge in [-0.25, -0.2) is 9.67 Å². The summed E-state index contributed by atoms with van der Waals surface area (Å²) >= 11 is 0. The van der Waals surface area contributed by atoms with Crippen LogP contribution in [0.5, 0.6) is 0 Å². The Bertz CT molecular complexity index is 800. The highest BCUT2D eigenvalue weighted by molar-refractivity contribution is 5.95. The fourth-order valence-electron chi connectivity index (χ4n) is 2.72. The van der Waals surface area contributed by atoms with Gasteiger partial charge in [-0.05, 0) is 19.1 Å². The normalized spacial score (nSPS) is 15.4. The molecular formula is C14H14N6O. The quantitative estimate of drug-likeness (QED) is 0.701. The maximum absolute atomic E-state index is 12.7. The molecule has 1 aliphatic heterocycles. The van der Waals surface area contributed by atoms with Gasteiger partial charge >= 0.3 is 0 Å². The Balaban J connectivity index is 1.59. The molecule has 1 fully saturated rings. The molecule has 4 heterocycles. The number of likely N-dealkylation sites (tertiary alicyclic amines) is 1. The van der Waals surface area contributed by atoms with Crippen LogP contribution in [0.3, 0.4) is 0 Å². The fraction of sp³-hybridized carbons (Fsp3) is 0.286. The summed E-state index contributed by atoms with van der Waals surface area (Å²) in [5.41, 5.74) is 2.20. The lowest BCUT2D eigenvalue weighted by Gasteiger charge is -2.38. The number of imidazole rings is 1. The van der Waals surface area contributed by atoms with E-state index in [-0.39, 0.29) is 11.9 Å². The average Bonchev–Trinajstić information content (AvgIpc) is 3.03. The lowest BCUT2D eigenvalue weighted by atomic mass is 10.1. The van der Waals surface area contributed by atoms with E-state index < -0.39 is 0 Å². The molecule has 0 atom stereocenters. The van der Waals surface area contributed by atoms with Crippen LogP contribution in [0.1, 0.15) is 22.2 Å². The minimum absolute atomic E-state index is 0.0163. The molecule has 0 unspecified atom stereocenters. The average molecular weight is 282 g/mol. The van der Waals surface area contributed by atoms with E-state index in [0.717, 1.165) is 11.3 Å². The molecule has 3 aromatic heterocycles. The minimum Gasteiger partial charge on any atom is -0.333 e. The number of fused-ring (bicyclic) bond motifs is 1. The van der Waals surface area contributed by atoms with E-state index in [2.05, 4.69) is 15.3 Å². The van der Waals surface area contributed by atoms with E-state index in [1.807, 2.05) is 46.8 Å². The number of rotatable bonds is 2. The van der Waals surface area contributed by atoms with Crippen molar-refractivity contribution in [2.75, 3.05) is 13.1 Å². The summed E-state index contributed by atoms with van der Waals surface area (Å²) < 4.78 is 3.64. The van der Waals surface area contributed by atoms with Crippen molar-refractivity contribution in [3.05, 3.63) is 48.2 Å². The molecule has 1 aliphatic rings. The number of amides is 1. The molecule has 0 radical (unpaired) electrons. The van der Waals surface area contributed by atoms with Crippen molar-refractivity contribution >= 4 is 11.6 Å². The Morgan fingerprint density at radius 2 is 2.14 bits per heavy atom. The third-order valence-corrected chi connectivity index (χ3v) is 3.87. The van der Waals surface area contributed by atoms with Crippen LogP contribution in [0.2, 0.25) is 0 Å². The van der Waals surface area contributed by atoms with Gasteiger partial charge in [0.05, 0.1) is 17.9 Å². The maximum Gasteiger partial charge on any atom is 0.272 e. The second-order valence-corrected chi connectivity index (χ2v) is 5.22. The van der Waals surface area contributed by atoms with Crippen molar-refractivity contribution in [2.24, 2.45) is 0 Å². The molecule has 0 saturated carbocycles. The van der Waals surface area contributed by atoms with Crippen LogP contribution in [0, 0.1) is 6.92 Å². The highest BCUT2D eigenvalue weighted by Crippen LogP contribution is 2.23. The second-order valence-electron chi connectivity index (χ2n) is 5.22. The third-order valence-electron chi connectivity index (χ3n) is 3.87. The summed E-state index contributed by atoms with van der Waals surface area (Å²) in [6.45, 7) is 3.18. The van der Waals surface area contributed by atoms with Crippen LogP contribution < -0.4 is 0 Å². The molecule has 0 N–H and O–H groups in total. The van der Waals surface area contributed by atoms with Gasteiger partial charge in [0, 0.05) is 25.5 Å². The van der Waals surface area contributed by atoms with E-state index in [1.165, 1.54) is 0 Å². The molecule has 0 spiro atoms. The Hall–Kier alpha value is -2.70. The van der Waals surface area contributed by atoms with Crippen LogP contribution in [0.15, 0.2) is 36.8 Å². The third kappa shape index (κ3) is 1.81. The molecule has 21 heavy (non-hydrogen) atoms. The van der Waals surface area contributed by atoms with Crippen molar-refractivity contribution < 1.29 is 4.79 Å². The summed E-state index contributed by atoms with van der Waals surface area (Å²) in [7, 11) is 0. The van der Waals surface area contributed by atoms with Crippen LogP contribution in [0.25, 0.3) is 5.65 Å². The molecule has 3 aromatic rings. The molecule has 0 aromatic carbocycles. The van der Waals surface area contributed by atoms with Gasteiger partial charge in [0.15, 0.2) is 0 Å². The molecule has 4 rings (SSSR count). The number of aromatic nitrogens is 5. The van der Waals surface area contributed by atoms with Gasteiger partial charge in [-0.3, -0.25) is 9.20 Å². The number of nitrogens with zero attached hydrogens (tertiary/aromatic N) is 6. The molecule has 1 saturated heterocycles. The van der Waals surface area contributed by atoms with E-state index >= 15 is 0 Å². The van der Waals surface area contributed by atoms with Crippen molar-refractivity contribution in [1.82, 2.24) is 29.3 Å². The first-order chi connectivity index (χ1) is 10.2. The molecule has 1 amide bonds. The van der Waals surface area contributed by atoms with Crippen LogP contribution in [0.4, 0.5) is 0 Å². The number of carbonyl (C=O) groups excluding carboxylic acids is 1. The minimum atomic E-state index is 0.0163. The zero-order valence-corrected chi connectivity index (χ0v) is 11.5. The highest BCUT2D eigenvalue weighted by Gasteiger charge is 2.34. The smallest absolute Gasteiger partial charge is 0.272 e. The van der Waals surface area contributed by atoms with Crippen molar-refractivity contribution in [2.45, 2.75) is 13.0 Å². The topological polar surface area (TPSA) is 68.3 Å². The molecular weight excluding hydrogens is 268 g/mol. The Morgan fingerprint density at radius 1 is 1.29 bits per heavy atom. The van der Waals surface area contributed by atoms with Gasteiger partial charge in [0.2, 0.25) is 0 Å². The second kappa shape index (κ2) is 4.41. The largest absolute Gasteiger partial charge is 0.333 e. The number of hydrogen-bond donors (Lipinski definition) is 0. The van der Waals surface area contributed by atoms with Crippen molar-refractivity contribution in [3.8, 4) is 0 Å². The lowest BCUT2D eigenvalue weighted by molar-refractivity contribution is 0.0490. The molecule has 7 nitrogen and oxygen atoms in total. The van der Waals surface area contributed by atoms with Gasteiger partial charge in [-0.2, -0.15) is 0 Å². The SMILES string of the molecule is Cc1nc2ccccn2c1C(=O)N1CC(n2ccnn2)C1. The van der Waals surface area contributed by atoms with E-state index in [4.69, 9.17) is 0 Å². The van der Waals surface area contributed by atoms with Crippen LogP contribution >= 0.6 is 0 Å². The number of aryl methyl sites for hydroxylation is 1. The monoisotopic (exact) mass is 282 g/mol. The Labute approximate surface area is 120 Å². The predicted molar refractivity (Wildman–Crippen MR) is 74.9 cm³/mol. The van der Waals surface area contributed by atoms with E-state index in [0.29, 0.717) is 18.8 Å². The summed E-state index contributed by atoms with van der Waals surface area (Å²) in [4.78, 5) is 18.9. The standard InChI is InChI=1S/C14H14N6O/c1-10-13(19-6-3-2-4-12(19)16-10)14(21)18-8-11(9-18)20-7-5-15-17-20/h2-7,11H,8-9H2,1H3. The summed E-state index contributed by atoms with van der Waals surface area (Å²) in [5, 5.41) is 7.77. The summed E-state index contributed by atoms with van der Waals surface area (Å²) in [6, 6.07) is 5.94. The zero-order valence-electron chi connectivity index (χ0n) is 11.5. The molecule has 0 bridgehead atoms. The summed E-state index contributed by atoms with van der Waals surface area (Å²) in [6.07, 6.45) is 5.35. The zero-order chi connectivity index (χ0) is 14.4. The number of pyridine rings is 1. The van der Waals surface area contributed by atoms with Crippen LogP contribution in [-0.4, -0.2) is 48.3 Å². The first-order valence-electron chi connectivity index (χ1n) is 6.83. The van der Waals surface area contributed by atoms with Crippen molar-refractivity contribution in [3.63, 3.8) is 0 Å². The number of hydrogen-bond acceptors (Lipinski definition) is 4. The Kier molecular flexibility index (Phi) is 2.53. The van der Waals surface area contributed by atoms with E-state index in [1.54, 1.807) is 10.9 Å².